The summed E-state index contributed by atoms with van der Waals surface area (Å²) >= 11 is 5.11. The van der Waals surface area contributed by atoms with Crippen LogP contribution in [0.5, 0.6) is 0 Å². The minimum Gasteiger partial charge on any atom is -0.355 e. The third-order valence-electron chi connectivity index (χ3n) is 2.58. The molecule has 5 heteroatoms. The number of halogens is 1. The van der Waals surface area contributed by atoms with Crippen LogP contribution in [0.3, 0.4) is 0 Å². The maximum atomic E-state index is 11.3. The number of carbonyl (C=O) groups excluding carboxylic acids is 1. The van der Waals surface area contributed by atoms with Crippen LogP contribution in [0.1, 0.15) is 22.8 Å². The van der Waals surface area contributed by atoms with Crippen LogP contribution in [0.2, 0.25) is 0 Å². The first-order valence-electron chi connectivity index (χ1n) is 5.47. The number of Topliss-reactive ketones (excluding diaryl/α,β-unsaturated/α-hetero) is 1. The van der Waals surface area contributed by atoms with Crippen LogP contribution in [0.25, 0.3) is 0 Å². The largest absolute Gasteiger partial charge is 0.355 e. The van der Waals surface area contributed by atoms with E-state index < -0.39 is 0 Å². The molecule has 0 fully saturated rings. The summed E-state index contributed by atoms with van der Waals surface area (Å²) in [6.07, 6.45) is 1.67. The second-order valence-corrected chi connectivity index (χ2v) is 6.36. The molecule has 0 saturated carbocycles. The number of nitrogens with zero attached hydrogens (tertiary/aromatic N) is 2. The smallest absolute Gasteiger partial charge is 0.159 e. The molecular formula is C13H13BrN2OS. The molecule has 0 radical (unpaired) electrons. The van der Waals surface area contributed by atoms with E-state index in [1.807, 2.05) is 18.0 Å². The van der Waals surface area contributed by atoms with Crippen LogP contribution in [-0.4, -0.2) is 17.8 Å². The highest BCUT2D eigenvalue weighted by atomic mass is 79.9. The Labute approximate surface area is 119 Å². The van der Waals surface area contributed by atoms with Crippen LogP contribution >= 0.6 is 27.3 Å². The molecule has 0 N–H and O–H groups in total. The summed E-state index contributed by atoms with van der Waals surface area (Å²) in [6, 6.07) is 5.65. The summed E-state index contributed by atoms with van der Waals surface area (Å²) in [6.45, 7) is 2.34. The summed E-state index contributed by atoms with van der Waals surface area (Å²) in [5.41, 5.74) is 1.92. The Balaban J connectivity index is 2.15. The zero-order valence-corrected chi connectivity index (χ0v) is 12.6. The van der Waals surface area contributed by atoms with Gasteiger partial charge in [0.25, 0.3) is 0 Å². The molecule has 0 bridgehead atoms. The zero-order valence-electron chi connectivity index (χ0n) is 10.2. The van der Waals surface area contributed by atoms with E-state index in [1.54, 1.807) is 30.5 Å². The molecule has 0 amide bonds. The molecule has 2 rings (SSSR count). The molecule has 0 aliphatic heterocycles. The number of rotatable bonds is 4. The molecule has 0 saturated heterocycles. The fourth-order valence-electron chi connectivity index (χ4n) is 1.63. The summed E-state index contributed by atoms with van der Waals surface area (Å²) in [5.74, 6) is 0.871. The van der Waals surface area contributed by atoms with E-state index >= 15 is 0 Å². The van der Waals surface area contributed by atoms with Gasteiger partial charge in [0.15, 0.2) is 5.78 Å². The molecule has 94 valence electrons. The van der Waals surface area contributed by atoms with E-state index in [0.29, 0.717) is 5.56 Å². The fraction of sp³-hybridized carbons (Fsp3) is 0.231. The summed E-state index contributed by atoms with van der Waals surface area (Å²) in [4.78, 5) is 17.6. The Morgan fingerprint density at radius 3 is 2.89 bits per heavy atom. The lowest BCUT2D eigenvalue weighted by Gasteiger charge is -2.17. The molecule has 2 aromatic rings. The molecule has 0 unspecified atom stereocenters. The molecule has 0 atom stereocenters. The van der Waals surface area contributed by atoms with Gasteiger partial charge in [-0.1, -0.05) is 0 Å². The Bertz CT molecular complexity index is 568. The Hall–Kier alpha value is -1.20. The quantitative estimate of drug-likeness (QED) is 0.803. The number of carbonyl (C=O) groups is 1. The Morgan fingerprint density at radius 2 is 2.28 bits per heavy atom. The van der Waals surface area contributed by atoms with E-state index in [0.717, 1.165) is 16.1 Å². The number of thiophene rings is 1. The van der Waals surface area contributed by atoms with Gasteiger partial charge < -0.3 is 4.90 Å². The number of hydrogen-bond donors (Lipinski definition) is 0. The average Bonchev–Trinajstić information content (AvgIpc) is 2.75. The lowest BCUT2D eigenvalue weighted by molar-refractivity contribution is 0.101. The SMILES string of the molecule is CC(=O)c1ccnc(N(C)Cc2csc(Br)c2)c1. The van der Waals surface area contributed by atoms with Gasteiger partial charge in [0.1, 0.15) is 5.82 Å². The first kappa shape index (κ1) is 13.2. The van der Waals surface area contributed by atoms with Crippen LogP contribution < -0.4 is 4.90 Å². The third kappa shape index (κ3) is 3.17. The van der Waals surface area contributed by atoms with Gasteiger partial charge in [-0.25, -0.2) is 4.98 Å². The Kier molecular flexibility index (Phi) is 4.14. The highest BCUT2D eigenvalue weighted by Gasteiger charge is 2.07. The lowest BCUT2D eigenvalue weighted by atomic mass is 10.2. The predicted octanol–water partition coefficient (Wildman–Crippen LogP) is 3.74. The van der Waals surface area contributed by atoms with E-state index in [2.05, 4.69) is 32.4 Å². The monoisotopic (exact) mass is 324 g/mol. The van der Waals surface area contributed by atoms with Crippen molar-refractivity contribution < 1.29 is 4.79 Å². The van der Waals surface area contributed by atoms with Gasteiger partial charge in [0, 0.05) is 25.4 Å². The van der Waals surface area contributed by atoms with Gasteiger partial charge in [-0.05, 0) is 52.0 Å². The van der Waals surface area contributed by atoms with Gasteiger partial charge >= 0.3 is 0 Å². The first-order valence-corrected chi connectivity index (χ1v) is 7.14. The van der Waals surface area contributed by atoms with Crippen molar-refractivity contribution in [2.75, 3.05) is 11.9 Å². The van der Waals surface area contributed by atoms with Crippen molar-refractivity contribution in [3.8, 4) is 0 Å². The molecule has 0 aliphatic carbocycles. The Morgan fingerprint density at radius 1 is 1.50 bits per heavy atom. The van der Waals surface area contributed by atoms with Crippen LogP contribution in [0, 0.1) is 0 Å². The number of hydrogen-bond acceptors (Lipinski definition) is 4. The van der Waals surface area contributed by atoms with E-state index in [1.165, 1.54) is 5.56 Å². The second kappa shape index (κ2) is 5.63. The number of aromatic nitrogens is 1. The summed E-state index contributed by atoms with van der Waals surface area (Å²) in [5, 5.41) is 2.11. The molecule has 0 spiro atoms. The molecule has 2 aromatic heterocycles. The number of anilines is 1. The maximum Gasteiger partial charge on any atom is 0.159 e. The van der Waals surface area contributed by atoms with Gasteiger partial charge in [0.05, 0.1) is 3.79 Å². The van der Waals surface area contributed by atoms with Crippen molar-refractivity contribution in [2.45, 2.75) is 13.5 Å². The van der Waals surface area contributed by atoms with Gasteiger partial charge in [-0.15, -0.1) is 11.3 Å². The normalized spacial score (nSPS) is 10.4. The highest BCUT2D eigenvalue weighted by Crippen LogP contribution is 2.23. The fourth-order valence-corrected chi connectivity index (χ4v) is 2.83. The standard InChI is InChI=1S/C13H13BrN2OS/c1-9(17)11-3-4-15-13(6-11)16(2)7-10-5-12(14)18-8-10/h3-6,8H,7H2,1-2H3. The zero-order chi connectivity index (χ0) is 13.1. The van der Waals surface area contributed by atoms with Crippen molar-refractivity contribution in [1.29, 1.82) is 0 Å². The number of ketones is 1. The van der Waals surface area contributed by atoms with Crippen molar-refractivity contribution in [3.63, 3.8) is 0 Å². The van der Waals surface area contributed by atoms with Crippen molar-refractivity contribution >= 4 is 38.9 Å². The third-order valence-corrected chi connectivity index (χ3v) is 4.14. The minimum atomic E-state index is 0.0605. The predicted molar refractivity (Wildman–Crippen MR) is 78.4 cm³/mol. The lowest BCUT2D eigenvalue weighted by Crippen LogP contribution is -2.17. The minimum absolute atomic E-state index is 0.0605. The summed E-state index contributed by atoms with van der Waals surface area (Å²) in [7, 11) is 1.97. The molecule has 0 aliphatic rings. The molecule has 0 aromatic carbocycles. The van der Waals surface area contributed by atoms with Crippen molar-refractivity contribution in [1.82, 2.24) is 4.98 Å². The van der Waals surface area contributed by atoms with E-state index in [4.69, 9.17) is 0 Å². The maximum absolute atomic E-state index is 11.3. The molecule has 2 heterocycles. The van der Waals surface area contributed by atoms with E-state index in [9.17, 15) is 4.79 Å². The molecule has 18 heavy (non-hydrogen) atoms. The molecule has 3 nitrogen and oxygen atoms in total. The van der Waals surface area contributed by atoms with Gasteiger partial charge in [-0.2, -0.15) is 0 Å². The van der Waals surface area contributed by atoms with E-state index in [-0.39, 0.29) is 5.78 Å². The van der Waals surface area contributed by atoms with Crippen LogP contribution in [0.4, 0.5) is 5.82 Å². The van der Waals surface area contributed by atoms with Crippen LogP contribution in [-0.2, 0) is 6.54 Å². The van der Waals surface area contributed by atoms with Gasteiger partial charge in [-0.3, -0.25) is 4.79 Å². The topological polar surface area (TPSA) is 33.2 Å². The molecular weight excluding hydrogens is 312 g/mol. The van der Waals surface area contributed by atoms with Crippen molar-refractivity contribution in [2.24, 2.45) is 0 Å². The van der Waals surface area contributed by atoms with Crippen molar-refractivity contribution in [3.05, 3.63) is 44.7 Å². The number of pyridine rings is 1. The van der Waals surface area contributed by atoms with Gasteiger partial charge in [0.2, 0.25) is 0 Å². The first-order chi connectivity index (χ1) is 8.56. The second-order valence-electron chi connectivity index (χ2n) is 4.07. The highest BCUT2D eigenvalue weighted by molar-refractivity contribution is 9.11. The average molecular weight is 325 g/mol. The summed E-state index contributed by atoms with van der Waals surface area (Å²) < 4.78 is 1.12. The van der Waals surface area contributed by atoms with Crippen LogP contribution in [0.15, 0.2) is 33.6 Å².